The Bertz CT molecular complexity index is 679. The van der Waals surface area contributed by atoms with Crippen molar-refractivity contribution < 1.29 is 4.92 Å². The quantitative estimate of drug-likeness (QED) is 0.509. The van der Waals surface area contributed by atoms with Crippen molar-refractivity contribution in [3.05, 3.63) is 75.8 Å². The first-order valence-electron chi connectivity index (χ1n) is 6.42. The minimum Gasteiger partial charge on any atom is -0.278 e. The highest BCUT2D eigenvalue weighted by atomic mass is 16.6. The van der Waals surface area contributed by atoms with E-state index >= 15 is 0 Å². The van der Waals surface area contributed by atoms with Gasteiger partial charge in [0.25, 0.3) is 5.69 Å². The molecule has 0 aliphatic carbocycles. The zero-order chi connectivity index (χ0) is 15.1. The normalized spacial score (nSPS) is 11.6. The number of hydrogen-bond acceptors (Lipinski definition) is 4. The minimum atomic E-state index is -0.435. The fraction of sp³-hybridized carbons (Fsp3) is 0.0625. The van der Waals surface area contributed by atoms with Gasteiger partial charge in [0.1, 0.15) is 0 Å². The molecular formula is C16H15N3O2. The predicted octanol–water partition coefficient (Wildman–Crippen LogP) is 4.10. The van der Waals surface area contributed by atoms with Crippen LogP contribution in [0.5, 0.6) is 0 Å². The molecule has 0 saturated carbocycles. The van der Waals surface area contributed by atoms with Crippen LogP contribution in [0, 0.1) is 10.1 Å². The number of benzene rings is 2. The number of allylic oxidation sites excluding steroid dienone is 1. The van der Waals surface area contributed by atoms with Gasteiger partial charge in [-0.3, -0.25) is 15.5 Å². The topological polar surface area (TPSA) is 67.5 Å². The summed E-state index contributed by atoms with van der Waals surface area (Å²) in [4.78, 5) is 10.2. The van der Waals surface area contributed by atoms with Crippen molar-refractivity contribution in [3.8, 4) is 0 Å². The van der Waals surface area contributed by atoms with Crippen molar-refractivity contribution in [2.45, 2.75) is 6.92 Å². The second kappa shape index (κ2) is 7.00. The summed E-state index contributed by atoms with van der Waals surface area (Å²) in [6.07, 6.45) is 3.67. The van der Waals surface area contributed by atoms with Crippen LogP contribution in [0.2, 0.25) is 0 Å². The molecule has 0 aliphatic rings. The molecule has 0 unspecified atom stereocenters. The molecule has 0 saturated heterocycles. The van der Waals surface area contributed by atoms with Gasteiger partial charge in [-0.2, -0.15) is 5.10 Å². The van der Waals surface area contributed by atoms with Crippen molar-refractivity contribution in [1.29, 1.82) is 0 Å². The largest absolute Gasteiger partial charge is 0.278 e. The molecule has 0 radical (unpaired) electrons. The van der Waals surface area contributed by atoms with Gasteiger partial charge in [0.2, 0.25) is 0 Å². The number of nitro groups is 1. The molecule has 5 heteroatoms. The molecule has 1 N–H and O–H groups in total. The van der Waals surface area contributed by atoms with Gasteiger partial charge in [-0.05, 0) is 24.1 Å². The van der Waals surface area contributed by atoms with Crippen molar-refractivity contribution in [3.63, 3.8) is 0 Å². The first-order valence-corrected chi connectivity index (χ1v) is 6.42. The van der Waals surface area contributed by atoms with Crippen LogP contribution in [0.3, 0.4) is 0 Å². The highest BCUT2D eigenvalue weighted by Crippen LogP contribution is 2.16. The summed E-state index contributed by atoms with van der Waals surface area (Å²) >= 11 is 0. The zero-order valence-electron chi connectivity index (χ0n) is 11.6. The maximum atomic E-state index is 10.7. The fourth-order valence-corrected chi connectivity index (χ4v) is 1.75. The Morgan fingerprint density at radius 3 is 2.67 bits per heavy atom. The SMILES string of the molecule is CC(/C=N/Nc1cccc([N+](=O)[O-])c1)=C\c1ccccc1. The monoisotopic (exact) mass is 281 g/mol. The summed E-state index contributed by atoms with van der Waals surface area (Å²) in [6, 6.07) is 16.1. The third-order valence-electron chi connectivity index (χ3n) is 2.71. The van der Waals surface area contributed by atoms with Crippen LogP contribution in [0.15, 0.2) is 65.3 Å². The number of hydrogen-bond donors (Lipinski definition) is 1. The van der Waals surface area contributed by atoms with Gasteiger partial charge in [0, 0.05) is 12.1 Å². The van der Waals surface area contributed by atoms with Crippen LogP contribution in [-0.2, 0) is 0 Å². The van der Waals surface area contributed by atoms with E-state index < -0.39 is 4.92 Å². The molecule has 106 valence electrons. The van der Waals surface area contributed by atoms with Crippen molar-refractivity contribution >= 4 is 23.7 Å². The van der Waals surface area contributed by atoms with Gasteiger partial charge in [-0.1, -0.05) is 42.5 Å². The highest BCUT2D eigenvalue weighted by Gasteiger charge is 2.04. The second-order valence-electron chi connectivity index (χ2n) is 4.48. The standard InChI is InChI=1S/C16H15N3O2/c1-13(10-14-6-3-2-4-7-14)12-17-18-15-8-5-9-16(11-15)19(20)21/h2-12,18H,1H3/b13-10+,17-12+. The summed E-state index contributed by atoms with van der Waals surface area (Å²) in [5.74, 6) is 0. The van der Waals surface area contributed by atoms with E-state index in [-0.39, 0.29) is 5.69 Å². The molecule has 0 atom stereocenters. The van der Waals surface area contributed by atoms with Gasteiger partial charge >= 0.3 is 0 Å². The van der Waals surface area contributed by atoms with Gasteiger partial charge in [0.05, 0.1) is 16.8 Å². The molecule has 0 spiro atoms. The minimum absolute atomic E-state index is 0.0340. The summed E-state index contributed by atoms with van der Waals surface area (Å²) in [7, 11) is 0. The van der Waals surface area contributed by atoms with Gasteiger partial charge in [-0.25, -0.2) is 0 Å². The lowest BCUT2D eigenvalue weighted by Crippen LogP contribution is -1.92. The summed E-state index contributed by atoms with van der Waals surface area (Å²) in [5.41, 5.74) is 5.46. The van der Waals surface area contributed by atoms with Crippen LogP contribution < -0.4 is 5.43 Å². The van der Waals surface area contributed by atoms with Crippen LogP contribution in [-0.4, -0.2) is 11.1 Å². The lowest BCUT2D eigenvalue weighted by Gasteiger charge is -2.00. The van der Waals surface area contributed by atoms with Crippen LogP contribution in [0.25, 0.3) is 6.08 Å². The lowest BCUT2D eigenvalue weighted by atomic mass is 10.1. The fourth-order valence-electron chi connectivity index (χ4n) is 1.75. The molecule has 2 rings (SSSR count). The molecule has 0 bridgehead atoms. The molecule has 0 heterocycles. The Labute approximate surface area is 122 Å². The number of non-ortho nitro benzene ring substituents is 1. The van der Waals surface area contributed by atoms with E-state index in [1.165, 1.54) is 12.1 Å². The van der Waals surface area contributed by atoms with E-state index in [2.05, 4.69) is 10.5 Å². The molecule has 21 heavy (non-hydrogen) atoms. The Hall–Kier alpha value is -2.95. The third-order valence-corrected chi connectivity index (χ3v) is 2.71. The molecule has 5 nitrogen and oxygen atoms in total. The number of anilines is 1. The van der Waals surface area contributed by atoms with Crippen molar-refractivity contribution in [1.82, 2.24) is 0 Å². The molecule has 0 aromatic heterocycles. The Balaban J connectivity index is 2.00. The summed E-state index contributed by atoms with van der Waals surface area (Å²) in [5, 5.41) is 14.7. The van der Waals surface area contributed by atoms with E-state index in [9.17, 15) is 10.1 Å². The number of nitro benzene ring substituents is 1. The lowest BCUT2D eigenvalue weighted by molar-refractivity contribution is -0.384. The smallest absolute Gasteiger partial charge is 0.271 e. The Kier molecular flexibility index (Phi) is 4.82. The molecule has 0 fully saturated rings. The summed E-state index contributed by atoms with van der Waals surface area (Å²) in [6.45, 7) is 1.94. The zero-order valence-corrected chi connectivity index (χ0v) is 11.6. The van der Waals surface area contributed by atoms with E-state index in [4.69, 9.17) is 0 Å². The number of rotatable bonds is 5. The van der Waals surface area contributed by atoms with Gasteiger partial charge in [0.15, 0.2) is 0 Å². The Morgan fingerprint density at radius 1 is 1.19 bits per heavy atom. The molecule has 2 aromatic rings. The van der Waals surface area contributed by atoms with Crippen LogP contribution in [0.1, 0.15) is 12.5 Å². The average molecular weight is 281 g/mol. The molecule has 2 aromatic carbocycles. The van der Waals surface area contributed by atoms with Gasteiger partial charge in [-0.15, -0.1) is 0 Å². The first kappa shape index (κ1) is 14.5. The van der Waals surface area contributed by atoms with Crippen LogP contribution in [0.4, 0.5) is 11.4 Å². The van der Waals surface area contributed by atoms with Crippen LogP contribution >= 0.6 is 0 Å². The number of nitrogens with one attached hydrogen (secondary N) is 1. The van der Waals surface area contributed by atoms with Gasteiger partial charge < -0.3 is 0 Å². The van der Waals surface area contributed by atoms with E-state index in [1.807, 2.05) is 43.3 Å². The van der Waals surface area contributed by atoms with E-state index in [0.717, 1.165) is 11.1 Å². The summed E-state index contributed by atoms with van der Waals surface area (Å²) < 4.78 is 0. The first-order chi connectivity index (χ1) is 10.1. The van der Waals surface area contributed by atoms with Crippen molar-refractivity contribution in [2.75, 3.05) is 5.43 Å². The predicted molar refractivity (Wildman–Crippen MR) is 85.3 cm³/mol. The molecular weight excluding hydrogens is 266 g/mol. The van der Waals surface area contributed by atoms with Crippen molar-refractivity contribution in [2.24, 2.45) is 5.10 Å². The number of hydrazone groups is 1. The van der Waals surface area contributed by atoms with E-state index in [0.29, 0.717) is 5.69 Å². The Morgan fingerprint density at radius 2 is 1.95 bits per heavy atom. The average Bonchev–Trinajstić information content (AvgIpc) is 2.48. The van der Waals surface area contributed by atoms with E-state index in [1.54, 1.807) is 18.3 Å². The maximum Gasteiger partial charge on any atom is 0.271 e. The molecule has 0 aliphatic heterocycles. The highest BCUT2D eigenvalue weighted by molar-refractivity contribution is 5.85. The number of nitrogens with zero attached hydrogens (tertiary/aromatic N) is 2. The second-order valence-corrected chi connectivity index (χ2v) is 4.48. The third kappa shape index (κ3) is 4.58. The maximum absolute atomic E-state index is 10.7. The molecule has 0 amide bonds.